The van der Waals surface area contributed by atoms with Crippen molar-refractivity contribution in [1.82, 2.24) is 4.98 Å². The fraction of sp³-hybridized carbons (Fsp3) is 0.500. The number of thiophene rings is 1. The molecule has 0 radical (unpaired) electrons. The zero-order chi connectivity index (χ0) is 14.7. The van der Waals surface area contributed by atoms with Crippen LogP contribution in [0.15, 0.2) is 6.07 Å². The lowest BCUT2D eigenvalue weighted by Gasteiger charge is -2.02. The number of hydrogen-bond donors (Lipinski definition) is 0. The number of aromatic nitrogens is 2. The predicted octanol–water partition coefficient (Wildman–Crippen LogP) is 2.83. The summed E-state index contributed by atoms with van der Waals surface area (Å²) in [6.07, 6.45) is 2.25. The van der Waals surface area contributed by atoms with Crippen LogP contribution in [-0.2, 0) is 29.4 Å². The number of carbonyl (C=O) groups excluding carboxylic acids is 1. The van der Waals surface area contributed by atoms with E-state index in [1.165, 1.54) is 4.88 Å². The Balaban J connectivity index is 2.41. The highest BCUT2D eigenvalue weighted by Gasteiger charge is 2.23. The SMILES string of the molecule is CCCc1cc2c(Cl)[n+](C)c(CC(=O)OCC)nc2s1. The van der Waals surface area contributed by atoms with Gasteiger partial charge in [0.2, 0.25) is 9.98 Å². The van der Waals surface area contributed by atoms with E-state index < -0.39 is 0 Å². The fourth-order valence-corrected chi connectivity index (χ4v) is 3.46. The molecular weight excluding hydrogens is 296 g/mol. The van der Waals surface area contributed by atoms with Crippen LogP contribution in [0.3, 0.4) is 0 Å². The number of carbonyl (C=O) groups is 1. The molecule has 0 aliphatic rings. The first-order chi connectivity index (χ1) is 9.56. The summed E-state index contributed by atoms with van der Waals surface area (Å²) in [5, 5.41) is 1.57. The molecule has 108 valence electrons. The van der Waals surface area contributed by atoms with Crippen molar-refractivity contribution in [3.8, 4) is 0 Å². The molecule has 0 aliphatic heterocycles. The zero-order valence-electron chi connectivity index (χ0n) is 11.9. The maximum absolute atomic E-state index is 11.6. The lowest BCUT2D eigenvalue weighted by Crippen LogP contribution is -2.37. The van der Waals surface area contributed by atoms with Crippen molar-refractivity contribution in [3.05, 3.63) is 21.9 Å². The quantitative estimate of drug-likeness (QED) is 0.484. The maximum atomic E-state index is 11.6. The molecule has 0 saturated heterocycles. The van der Waals surface area contributed by atoms with Crippen molar-refractivity contribution in [2.75, 3.05) is 6.61 Å². The minimum atomic E-state index is -0.281. The summed E-state index contributed by atoms with van der Waals surface area (Å²) < 4.78 is 6.72. The van der Waals surface area contributed by atoms with Gasteiger partial charge in [-0.25, -0.2) is 4.57 Å². The second kappa shape index (κ2) is 6.50. The summed E-state index contributed by atoms with van der Waals surface area (Å²) in [6, 6.07) is 2.09. The molecule has 4 nitrogen and oxygen atoms in total. The van der Waals surface area contributed by atoms with E-state index >= 15 is 0 Å². The molecule has 0 bridgehead atoms. The molecule has 0 unspecified atom stereocenters. The average molecular weight is 314 g/mol. The Bertz CT molecular complexity index is 640. The van der Waals surface area contributed by atoms with Crippen molar-refractivity contribution >= 4 is 39.1 Å². The number of halogens is 1. The molecule has 6 heteroatoms. The van der Waals surface area contributed by atoms with Gasteiger partial charge >= 0.3 is 11.8 Å². The van der Waals surface area contributed by atoms with Crippen LogP contribution in [-0.4, -0.2) is 17.6 Å². The first kappa shape index (κ1) is 15.2. The van der Waals surface area contributed by atoms with E-state index in [-0.39, 0.29) is 12.4 Å². The molecule has 2 aromatic rings. The van der Waals surface area contributed by atoms with E-state index in [9.17, 15) is 4.79 Å². The van der Waals surface area contributed by atoms with Crippen LogP contribution >= 0.6 is 22.9 Å². The molecule has 2 aromatic heterocycles. The second-order valence-corrected chi connectivity index (χ2v) is 6.01. The molecule has 2 rings (SSSR count). The van der Waals surface area contributed by atoms with Crippen LogP contribution < -0.4 is 4.57 Å². The Morgan fingerprint density at radius 3 is 2.90 bits per heavy atom. The highest BCUT2D eigenvalue weighted by molar-refractivity contribution is 7.18. The molecule has 20 heavy (non-hydrogen) atoms. The summed E-state index contributed by atoms with van der Waals surface area (Å²) in [4.78, 5) is 18.3. The number of aryl methyl sites for hydroxylation is 1. The average Bonchev–Trinajstić information content (AvgIpc) is 2.79. The van der Waals surface area contributed by atoms with Gasteiger partial charge in [-0.1, -0.05) is 24.7 Å². The Morgan fingerprint density at radius 1 is 1.50 bits per heavy atom. The Labute approximate surface area is 127 Å². The van der Waals surface area contributed by atoms with E-state index in [4.69, 9.17) is 16.3 Å². The summed E-state index contributed by atoms with van der Waals surface area (Å²) in [5.41, 5.74) is 0. The van der Waals surface area contributed by atoms with Gasteiger partial charge in [-0.2, -0.15) is 0 Å². The largest absolute Gasteiger partial charge is 0.466 e. The highest BCUT2D eigenvalue weighted by Crippen LogP contribution is 2.28. The molecule has 0 saturated carbocycles. The van der Waals surface area contributed by atoms with Crippen LogP contribution in [0.25, 0.3) is 10.2 Å². The van der Waals surface area contributed by atoms with Crippen molar-refractivity contribution < 1.29 is 14.1 Å². The zero-order valence-corrected chi connectivity index (χ0v) is 13.5. The standard InChI is InChI=1S/C14H18ClN2O2S/c1-4-6-9-7-10-13(15)17(3)11(16-14(10)20-9)8-12(18)19-5-2/h7H,4-6,8H2,1-3H3/q+1. The van der Waals surface area contributed by atoms with Gasteiger partial charge in [0.1, 0.15) is 0 Å². The van der Waals surface area contributed by atoms with Gasteiger partial charge in [-0.05, 0) is 36.0 Å². The molecule has 2 heterocycles. The summed E-state index contributed by atoms with van der Waals surface area (Å²) >= 11 is 8.02. The lowest BCUT2D eigenvalue weighted by molar-refractivity contribution is -0.678. The van der Waals surface area contributed by atoms with Gasteiger partial charge in [0.05, 0.1) is 19.0 Å². The number of ether oxygens (including phenoxy) is 1. The van der Waals surface area contributed by atoms with Gasteiger partial charge < -0.3 is 4.74 Å². The predicted molar refractivity (Wildman–Crippen MR) is 80.1 cm³/mol. The Kier molecular flexibility index (Phi) is 4.94. The molecule has 0 aliphatic carbocycles. The Morgan fingerprint density at radius 2 is 2.25 bits per heavy atom. The Hall–Kier alpha value is -1.20. The molecule has 0 spiro atoms. The van der Waals surface area contributed by atoms with E-state index in [0.29, 0.717) is 17.6 Å². The minimum absolute atomic E-state index is 0.140. The number of rotatable bonds is 5. The first-order valence-electron chi connectivity index (χ1n) is 6.69. The molecular formula is C14H18ClN2O2S+. The topological polar surface area (TPSA) is 43.1 Å². The second-order valence-electron chi connectivity index (χ2n) is 4.54. The fourth-order valence-electron chi connectivity index (χ4n) is 2.02. The third kappa shape index (κ3) is 3.10. The number of hydrogen-bond acceptors (Lipinski definition) is 4. The smallest absolute Gasteiger partial charge is 0.318 e. The van der Waals surface area contributed by atoms with E-state index in [0.717, 1.165) is 23.1 Å². The van der Waals surface area contributed by atoms with Crippen LogP contribution in [0.2, 0.25) is 5.15 Å². The van der Waals surface area contributed by atoms with E-state index in [2.05, 4.69) is 18.0 Å². The van der Waals surface area contributed by atoms with Crippen molar-refractivity contribution in [2.45, 2.75) is 33.1 Å². The molecule has 0 atom stereocenters. The monoisotopic (exact) mass is 313 g/mol. The minimum Gasteiger partial charge on any atom is -0.466 e. The first-order valence-corrected chi connectivity index (χ1v) is 7.88. The molecule has 0 amide bonds. The van der Waals surface area contributed by atoms with Gasteiger partial charge in [0.25, 0.3) is 0 Å². The molecule has 0 fully saturated rings. The number of fused-ring (bicyclic) bond motifs is 1. The summed E-state index contributed by atoms with van der Waals surface area (Å²) in [5.74, 6) is 0.349. The van der Waals surface area contributed by atoms with Gasteiger partial charge in [-0.3, -0.25) is 4.79 Å². The van der Waals surface area contributed by atoms with E-state index in [1.807, 2.05) is 7.05 Å². The maximum Gasteiger partial charge on any atom is 0.318 e. The van der Waals surface area contributed by atoms with Crippen LogP contribution in [0.4, 0.5) is 0 Å². The van der Waals surface area contributed by atoms with Crippen molar-refractivity contribution in [1.29, 1.82) is 0 Å². The lowest BCUT2D eigenvalue weighted by atomic mass is 10.2. The van der Waals surface area contributed by atoms with Gasteiger partial charge in [0.15, 0.2) is 6.42 Å². The number of esters is 1. The van der Waals surface area contributed by atoms with E-state index in [1.54, 1.807) is 22.8 Å². The highest BCUT2D eigenvalue weighted by atomic mass is 35.5. The van der Waals surface area contributed by atoms with Crippen LogP contribution in [0, 0.1) is 0 Å². The van der Waals surface area contributed by atoms with Gasteiger partial charge in [0, 0.05) is 4.88 Å². The third-order valence-electron chi connectivity index (χ3n) is 3.00. The van der Waals surface area contributed by atoms with Crippen LogP contribution in [0.5, 0.6) is 0 Å². The van der Waals surface area contributed by atoms with Crippen molar-refractivity contribution in [2.24, 2.45) is 7.05 Å². The molecule has 0 N–H and O–H groups in total. The van der Waals surface area contributed by atoms with Crippen molar-refractivity contribution in [3.63, 3.8) is 0 Å². The summed E-state index contributed by atoms with van der Waals surface area (Å²) in [6.45, 7) is 4.31. The van der Waals surface area contributed by atoms with Crippen LogP contribution in [0.1, 0.15) is 31.0 Å². The summed E-state index contributed by atoms with van der Waals surface area (Å²) in [7, 11) is 1.82. The number of nitrogens with zero attached hydrogens (tertiary/aromatic N) is 2. The third-order valence-corrected chi connectivity index (χ3v) is 4.55. The normalized spacial score (nSPS) is 11.0. The molecule has 0 aromatic carbocycles. The van der Waals surface area contributed by atoms with Gasteiger partial charge in [-0.15, -0.1) is 0 Å².